The summed E-state index contributed by atoms with van der Waals surface area (Å²) < 4.78 is 25.3. The lowest BCUT2D eigenvalue weighted by molar-refractivity contribution is -0.155. The molecule has 2 N–H and O–H groups in total. The highest BCUT2D eigenvalue weighted by atomic mass is 19.1. The Balaban J connectivity index is 1.16. The molecule has 2 aliphatic rings. The summed E-state index contributed by atoms with van der Waals surface area (Å²) in [5, 5.41) is 13.4. The van der Waals surface area contributed by atoms with Crippen molar-refractivity contribution in [2.75, 3.05) is 13.7 Å². The van der Waals surface area contributed by atoms with E-state index >= 15 is 0 Å². The van der Waals surface area contributed by atoms with Crippen molar-refractivity contribution in [2.45, 2.75) is 70.4 Å². The maximum absolute atomic E-state index is 14.1. The van der Waals surface area contributed by atoms with Crippen molar-refractivity contribution < 1.29 is 28.6 Å². The fourth-order valence-corrected chi connectivity index (χ4v) is 5.81. The van der Waals surface area contributed by atoms with Crippen molar-refractivity contribution in [3.05, 3.63) is 83.4 Å². The second-order valence-electron chi connectivity index (χ2n) is 11.1. The van der Waals surface area contributed by atoms with Crippen LogP contribution in [0.2, 0.25) is 0 Å². The number of methoxy groups -OCH3 is 1. The fraction of sp³-hybridized carbons (Fsp3) is 0.424. The van der Waals surface area contributed by atoms with Crippen LogP contribution in [0.3, 0.4) is 0 Å². The van der Waals surface area contributed by atoms with Gasteiger partial charge in [-0.3, -0.25) is 14.6 Å². The average Bonchev–Trinajstić information content (AvgIpc) is 3.45. The maximum atomic E-state index is 14.1. The van der Waals surface area contributed by atoms with E-state index in [-0.39, 0.29) is 18.9 Å². The van der Waals surface area contributed by atoms with Crippen molar-refractivity contribution in [1.82, 2.24) is 15.2 Å². The Morgan fingerprint density at radius 1 is 1.10 bits per heavy atom. The predicted octanol–water partition coefficient (Wildman–Crippen LogP) is 4.77. The van der Waals surface area contributed by atoms with E-state index in [9.17, 15) is 19.1 Å². The van der Waals surface area contributed by atoms with Gasteiger partial charge in [-0.25, -0.2) is 4.39 Å². The van der Waals surface area contributed by atoms with Crippen molar-refractivity contribution in [3.63, 3.8) is 0 Å². The largest absolute Gasteiger partial charge is 0.493 e. The SMILES string of the molecule is COC(C(=O)NCc1ccc(-c2ccc(F)cc2OCCC2CCCCC2)cc1)C(O)C(=O)N1Cc2cccnc2C1. The Labute approximate surface area is 245 Å². The number of amides is 2. The summed E-state index contributed by atoms with van der Waals surface area (Å²) in [5.41, 5.74) is 4.17. The molecule has 42 heavy (non-hydrogen) atoms. The zero-order chi connectivity index (χ0) is 29.5. The lowest BCUT2D eigenvalue weighted by Crippen LogP contribution is -2.50. The molecule has 1 saturated carbocycles. The van der Waals surface area contributed by atoms with Gasteiger partial charge in [0.25, 0.3) is 11.8 Å². The number of halogens is 1. The number of fused-ring (bicyclic) bond motifs is 1. The average molecular weight is 576 g/mol. The molecule has 1 fully saturated rings. The van der Waals surface area contributed by atoms with Gasteiger partial charge in [0.2, 0.25) is 0 Å². The van der Waals surface area contributed by atoms with Crippen LogP contribution < -0.4 is 10.1 Å². The summed E-state index contributed by atoms with van der Waals surface area (Å²) >= 11 is 0. The van der Waals surface area contributed by atoms with Crippen LogP contribution in [0.5, 0.6) is 5.75 Å². The summed E-state index contributed by atoms with van der Waals surface area (Å²) in [4.78, 5) is 31.5. The van der Waals surface area contributed by atoms with Gasteiger partial charge < -0.3 is 24.8 Å². The van der Waals surface area contributed by atoms with Crippen LogP contribution in [-0.2, 0) is 34.0 Å². The van der Waals surface area contributed by atoms with E-state index in [0.29, 0.717) is 24.8 Å². The lowest BCUT2D eigenvalue weighted by Gasteiger charge is -2.24. The molecule has 0 spiro atoms. The number of carbonyl (C=O) groups excluding carboxylic acids is 2. The topological polar surface area (TPSA) is 101 Å². The van der Waals surface area contributed by atoms with Gasteiger partial charge in [0.15, 0.2) is 12.2 Å². The first-order valence-electron chi connectivity index (χ1n) is 14.6. The highest BCUT2D eigenvalue weighted by molar-refractivity contribution is 5.91. The molecule has 0 saturated heterocycles. The third-order valence-electron chi connectivity index (χ3n) is 8.23. The number of hydrogen-bond donors (Lipinski definition) is 2. The molecule has 1 aliphatic carbocycles. The zero-order valence-corrected chi connectivity index (χ0v) is 23.9. The van der Waals surface area contributed by atoms with E-state index in [2.05, 4.69) is 10.3 Å². The van der Waals surface area contributed by atoms with E-state index < -0.39 is 24.0 Å². The molecule has 8 nitrogen and oxygen atoms in total. The molecule has 2 heterocycles. The van der Waals surface area contributed by atoms with Crippen LogP contribution in [0, 0.1) is 11.7 Å². The Hall–Kier alpha value is -3.82. The normalized spacial score (nSPS) is 16.5. The summed E-state index contributed by atoms with van der Waals surface area (Å²) in [6, 6.07) is 15.8. The van der Waals surface area contributed by atoms with E-state index in [4.69, 9.17) is 9.47 Å². The fourth-order valence-electron chi connectivity index (χ4n) is 5.81. The number of aliphatic hydroxyl groups excluding tert-OH is 1. The first-order chi connectivity index (χ1) is 20.4. The number of rotatable bonds is 11. The number of ether oxygens (including phenoxy) is 2. The number of carbonyl (C=O) groups is 2. The number of aliphatic hydroxyl groups is 1. The Morgan fingerprint density at radius 3 is 2.62 bits per heavy atom. The number of pyridine rings is 1. The quantitative estimate of drug-likeness (QED) is 0.342. The van der Waals surface area contributed by atoms with Crippen molar-refractivity contribution >= 4 is 11.8 Å². The molecule has 1 aromatic heterocycles. The van der Waals surface area contributed by atoms with Gasteiger partial charge in [-0.2, -0.15) is 0 Å². The van der Waals surface area contributed by atoms with E-state index in [1.807, 2.05) is 30.3 Å². The summed E-state index contributed by atoms with van der Waals surface area (Å²) in [5.74, 6) is -0.327. The molecule has 0 bridgehead atoms. The number of nitrogens with zero attached hydrogens (tertiary/aromatic N) is 2. The van der Waals surface area contributed by atoms with Crippen LogP contribution in [-0.4, -0.2) is 52.7 Å². The van der Waals surface area contributed by atoms with Gasteiger partial charge >= 0.3 is 0 Å². The molecule has 2 atom stereocenters. The molecule has 9 heteroatoms. The summed E-state index contributed by atoms with van der Waals surface area (Å²) in [6.45, 7) is 1.33. The number of aromatic nitrogens is 1. The first kappa shape index (κ1) is 29.7. The Morgan fingerprint density at radius 2 is 1.88 bits per heavy atom. The van der Waals surface area contributed by atoms with E-state index in [1.54, 1.807) is 18.3 Å². The van der Waals surface area contributed by atoms with Gasteiger partial charge in [0, 0.05) is 38.0 Å². The van der Waals surface area contributed by atoms with Gasteiger partial charge in [-0.1, -0.05) is 62.4 Å². The maximum Gasteiger partial charge on any atom is 0.255 e. The molecule has 3 aromatic rings. The molecule has 0 radical (unpaired) electrons. The summed E-state index contributed by atoms with van der Waals surface area (Å²) in [6.07, 6.45) is 5.96. The minimum Gasteiger partial charge on any atom is -0.493 e. The molecule has 5 rings (SSSR count). The van der Waals surface area contributed by atoms with Gasteiger partial charge in [0.05, 0.1) is 18.8 Å². The van der Waals surface area contributed by atoms with Gasteiger partial charge in [0.1, 0.15) is 11.6 Å². The van der Waals surface area contributed by atoms with Crippen LogP contribution >= 0.6 is 0 Å². The molecule has 2 aromatic carbocycles. The minimum absolute atomic E-state index is 0.174. The number of benzene rings is 2. The molecule has 2 amide bonds. The monoisotopic (exact) mass is 575 g/mol. The summed E-state index contributed by atoms with van der Waals surface area (Å²) in [7, 11) is 1.29. The van der Waals surface area contributed by atoms with E-state index in [0.717, 1.165) is 34.4 Å². The highest BCUT2D eigenvalue weighted by Crippen LogP contribution is 2.32. The van der Waals surface area contributed by atoms with Crippen molar-refractivity contribution in [2.24, 2.45) is 5.92 Å². The second-order valence-corrected chi connectivity index (χ2v) is 11.1. The van der Waals surface area contributed by atoms with Crippen LogP contribution in [0.25, 0.3) is 11.1 Å². The third kappa shape index (κ3) is 7.14. The molecule has 222 valence electrons. The molecule has 2 unspecified atom stereocenters. The van der Waals surface area contributed by atoms with Gasteiger partial charge in [-0.15, -0.1) is 0 Å². The Kier molecular flexibility index (Phi) is 9.81. The lowest BCUT2D eigenvalue weighted by atomic mass is 9.87. The molecular formula is C33H38FN3O5. The van der Waals surface area contributed by atoms with Gasteiger partial charge in [-0.05, 0) is 47.2 Å². The standard InChI is InChI=1S/C33H38FN3O5/c1-41-31(30(38)33(40)37-20-25-8-5-16-35-28(25)21-37)32(39)36-19-23-9-11-24(12-10-23)27-14-13-26(34)18-29(27)42-17-15-22-6-3-2-4-7-22/h5,8-14,16,18,22,30-31,38H,2-4,6-7,15,17,19-21H2,1H3,(H,36,39). The second kappa shape index (κ2) is 13.9. The zero-order valence-electron chi connectivity index (χ0n) is 23.9. The molecular weight excluding hydrogens is 537 g/mol. The predicted molar refractivity (Wildman–Crippen MR) is 156 cm³/mol. The first-order valence-corrected chi connectivity index (χ1v) is 14.6. The highest BCUT2D eigenvalue weighted by Gasteiger charge is 2.37. The molecule has 1 aliphatic heterocycles. The minimum atomic E-state index is -1.65. The van der Waals surface area contributed by atoms with Crippen LogP contribution in [0.15, 0.2) is 60.8 Å². The smallest absolute Gasteiger partial charge is 0.255 e. The number of nitrogens with one attached hydrogen (secondary N) is 1. The number of hydrogen-bond acceptors (Lipinski definition) is 6. The van der Waals surface area contributed by atoms with E-state index in [1.165, 1.54) is 56.2 Å². The van der Waals surface area contributed by atoms with Crippen molar-refractivity contribution in [1.29, 1.82) is 0 Å². The van der Waals surface area contributed by atoms with Crippen LogP contribution in [0.4, 0.5) is 4.39 Å². The van der Waals surface area contributed by atoms with Crippen LogP contribution in [0.1, 0.15) is 55.3 Å². The third-order valence-corrected chi connectivity index (χ3v) is 8.23. The Bertz CT molecular complexity index is 1350. The van der Waals surface area contributed by atoms with Crippen molar-refractivity contribution in [3.8, 4) is 16.9 Å².